The Morgan fingerprint density at radius 3 is 2.80 bits per heavy atom. The zero-order valence-corrected chi connectivity index (χ0v) is 12.2. The second kappa shape index (κ2) is 5.96. The van der Waals surface area contributed by atoms with E-state index in [4.69, 9.17) is 0 Å². The lowest BCUT2D eigenvalue weighted by Crippen LogP contribution is -2.15. The Morgan fingerprint density at radius 1 is 1.45 bits per heavy atom. The van der Waals surface area contributed by atoms with Gasteiger partial charge in [-0.25, -0.2) is 14.4 Å². The highest BCUT2D eigenvalue weighted by molar-refractivity contribution is 7.14. The summed E-state index contributed by atoms with van der Waals surface area (Å²) in [6, 6.07) is 1.14. The van der Waals surface area contributed by atoms with E-state index in [0.29, 0.717) is 16.9 Å². The Hall–Kier alpha value is -2.02. The van der Waals surface area contributed by atoms with E-state index in [0.717, 1.165) is 18.0 Å². The first kappa shape index (κ1) is 14.4. The van der Waals surface area contributed by atoms with Crippen LogP contribution in [0.2, 0.25) is 0 Å². The van der Waals surface area contributed by atoms with Crippen molar-refractivity contribution < 1.29 is 9.18 Å². The third kappa shape index (κ3) is 3.11. The fourth-order valence-electron chi connectivity index (χ4n) is 1.58. The Labute approximate surface area is 120 Å². The fraction of sp³-hybridized carbons (Fsp3) is 0.308. The Balaban J connectivity index is 2.21. The lowest BCUT2D eigenvalue weighted by molar-refractivity contribution is 0.102. The molecule has 0 saturated heterocycles. The van der Waals surface area contributed by atoms with Gasteiger partial charge in [0, 0.05) is 12.4 Å². The molecule has 0 fully saturated rings. The topological polar surface area (TPSA) is 66.9 Å². The quantitative estimate of drug-likeness (QED) is 0.909. The molecule has 20 heavy (non-hydrogen) atoms. The van der Waals surface area contributed by atoms with Gasteiger partial charge in [-0.2, -0.15) is 0 Å². The summed E-state index contributed by atoms with van der Waals surface area (Å²) in [5.41, 5.74) is 1.06. The van der Waals surface area contributed by atoms with Crippen molar-refractivity contribution in [2.24, 2.45) is 0 Å². The molecular weight excluding hydrogens is 279 g/mol. The lowest BCUT2D eigenvalue weighted by Gasteiger charge is -2.07. The number of hydrogen-bond donors (Lipinski definition) is 2. The van der Waals surface area contributed by atoms with Gasteiger partial charge in [0.05, 0.1) is 17.5 Å². The number of hydrogen-bond acceptors (Lipinski definition) is 5. The van der Waals surface area contributed by atoms with Crippen molar-refractivity contribution in [1.29, 1.82) is 0 Å². The van der Waals surface area contributed by atoms with E-state index >= 15 is 0 Å². The zero-order chi connectivity index (χ0) is 14.7. The molecule has 0 saturated carbocycles. The van der Waals surface area contributed by atoms with Gasteiger partial charge in [0.15, 0.2) is 5.13 Å². The van der Waals surface area contributed by atoms with Crippen LogP contribution in [-0.4, -0.2) is 22.9 Å². The maximum Gasteiger partial charge on any atom is 0.261 e. The van der Waals surface area contributed by atoms with Crippen LogP contribution >= 0.6 is 11.3 Å². The average molecular weight is 294 g/mol. The van der Waals surface area contributed by atoms with Gasteiger partial charge in [-0.1, -0.05) is 13.8 Å². The summed E-state index contributed by atoms with van der Waals surface area (Å²) >= 11 is 1.34. The van der Waals surface area contributed by atoms with Crippen molar-refractivity contribution in [2.75, 3.05) is 17.7 Å². The van der Waals surface area contributed by atoms with Crippen LogP contribution in [-0.2, 0) is 0 Å². The second-order valence-corrected chi connectivity index (χ2v) is 5.34. The molecule has 0 aliphatic rings. The van der Waals surface area contributed by atoms with Gasteiger partial charge < -0.3 is 5.32 Å². The van der Waals surface area contributed by atoms with Crippen molar-refractivity contribution in [3.05, 3.63) is 34.7 Å². The second-order valence-electron chi connectivity index (χ2n) is 4.49. The summed E-state index contributed by atoms with van der Waals surface area (Å²) in [7, 11) is 1.62. The van der Waals surface area contributed by atoms with E-state index in [1.165, 1.54) is 11.3 Å². The SMILES string of the molecule is CNc1ncc(F)cc1C(=O)Nc1nc(C(C)C)cs1. The molecule has 0 aliphatic heterocycles. The lowest BCUT2D eigenvalue weighted by atomic mass is 10.2. The van der Waals surface area contributed by atoms with Crippen LogP contribution in [0.15, 0.2) is 17.6 Å². The molecule has 2 aromatic heterocycles. The summed E-state index contributed by atoms with van der Waals surface area (Å²) in [4.78, 5) is 20.3. The monoisotopic (exact) mass is 294 g/mol. The molecule has 2 N–H and O–H groups in total. The number of thiazole rings is 1. The van der Waals surface area contributed by atoms with Crippen molar-refractivity contribution >= 4 is 28.2 Å². The fourth-order valence-corrected chi connectivity index (χ4v) is 2.45. The number of aromatic nitrogens is 2. The first-order chi connectivity index (χ1) is 9.51. The number of pyridine rings is 1. The summed E-state index contributed by atoms with van der Waals surface area (Å²) in [6.45, 7) is 4.05. The number of nitrogens with one attached hydrogen (secondary N) is 2. The molecule has 0 atom stereocenters. The predicted octanol–water partition coefficient (Wildman–Crippen LogP) is 3.09. The molecule has 5 nitrogen and oxygen atoms in total. The largest absolute Gasteiger partial charge is 0.372 e. The molecule has 0 bridgehead atoms. The number of anilines is 2. The molecule has 0 radical (unpaired) electrons. The molecule has 106 valence electrons. The van der Waals surface area contributed by atoms with E-state index in [1.807, 2.05) is 19.2 Å². The number of halogens is 1. The Kier molecular flexibility index (Phi) is 4.29. The van der Waals surface area contributed by atoms with Crippen molar-refractivity contribution in [2.45, 2.75) is 19.8 Å². The molecule has 0 unspecified atom stereocenters. The van der Waals surface area contributed by atoms with E-state index in [9.17, 15) is 9.18 Å². The number of carbonyl (C=O) groups excluding carboxylic acids is 1. The maximum atomic E-state index is 13.2. The number of carbonyl (C=O) groups is 1. The molecule has 7 heteroatoms. The van der Waals surface area contributed by atoms with Gasteiger partial charge in [0.2, 0.25) is 0 Å². The van der Waals surface area contributed by atoms with E-state index in [-0.39, 0.29) is 5.56 Å². The summed E-state index contributed by atoms with van der Waals surface area (Å²) in [5, 5.41) is 7.80. The molecule has 0 aromatic carbocycles. The van der Waals surface area contributed by atoms with Crippen LogP contribution in [0.3, 0.4) is 0 Å². The number of rotatable bonds is 4. The first-order valence-electron chi connectivity index (χ1n) is 6.11. The van der Waals surface area contributed by atoms with E-state index < -0.39 is 11.7 Å². The minimum absolute atomic E-state index is 0.147. The van der Waals surface area contributed by atoms with Gasteiger partial charge in [0.25, 0.3) is 5.91 Å². The normalized spacial score (nSPS) is 10.7. The van der Waals surface area contributed by atoms with Crippen molar-refractivity contribution in [1.82, 2.24) is 9.97 Å². The molecular formula is C13H15FN4OS. The summed E-state index contributed by atoms with van der Waals surface area (Å²) < 4.78 is 13.2. The van der Waals surface area contributed by atoms with Crippen molar-refractivity contribution in [3.8, 4) is 0 Å². The van der Waals surface area contributed by atoms with E-state index in [2.05, 4.69) is 20.6 Å². The standard InChI is InChI=1S/C13H15FN4OS/c1-7(2)10-6-20-13(17-10)18-12(19)9-4-8(14)5-16-11(9)15-3/h4-7H,1-3H3,(H,15,16)(H,17,18,19). The predicted molar refractivity (Wildman–Crippen MR) is 77.9 cm³/mol. The highest BCUT2D eigenvalue weighted by Crippen LogP contribution is 2.23. The van der Waals surface area contributed by atoms with Crippen LogP contribution in [0.1, 0.15) is 35.8 Å². The van der Waals surface area contributed by atoms with Crippen LogP contribution in [0.25, 0.3) is 0 Å². The highest BCUT2D eigenvalue weighted by Gasteiger charge is 2.15. The highest BCUT2D eigenvalue weighted by atomic mass is 32.1. The van der Waals surface area contributed by atoms with Crippen molar-refractivity contribution in [3.63, 3.8) is 0 Å². The van der Waals surface area contributed by atoms with E-state index in [1.54, 1.807) is 7.05 Å². The van der Waals surface area contributed by atoms with Gasteiger partial charge in [-0.05, 0) is 12.0 Å². The smallest absolute Gasteiger partial charge is 0.261 e. The minimum atomic E-state index is -0.559. The number of nitrogens with zero attached hydrogens (tertiary/aromatic N) is 2. The van der Waals surface area contributed by atoms with Crippen LogP contribution < -0.4 is 10.6 Å². The van der Waals surface area contributed by atoms with Crippen LogP contribution in [0, 0.1) is 5.82 Å². The van der Waals surface area contributed by atoms with Crippen LogP contribution in [0.4, 0.5) is 15.3 Å². The molecule has 2 rings (SSSR count). The number of amides is 1. The van der Waals surface area contributed by atoms with Gasteiger partial charge >= 0.3 is 0 Å². The van der Waals surface area contributed by atoms with Gasteiger partial charge in [0.1, 0.15) is 11.6 Å². The maximum absolute atomic E-state index is 13.2. The molecule has 0 spiro atoms. The van der Waals surface area contributed by atoms with Crippen LogP contribution in [0.5, 0.6) is 0 Å². The zero-order valence-electron chi connectivity index (χ0n) is 11.4. The average Bonchev–Trinajstić information content (AvgIpc) is 2.87. The Morgan fingerprint density at radius 2 is 2.20 bits per heavy atom. The third-order valence-electron chi connectivity index (χ3n) is 2.67. The molecule has 2 aromatic rings. The molecule has 0 aliphatic carbocycles. The van der Waals surface area contributed by atoms with Gasteiger partial charge in [-0.3, -0.25) is 10.1 Å². The minimum Gasteiger partial charge on any atom is -0.372 e. The molecule has 2 heterocycles. The third-order valence-corrected chi connectivity index (χ3v) is 3.45. The Bertz CT molecular complexity index is 627. The molecule has 1 amide bonds. The summed E-state index contributed by atoms with van der Waals surface area (Å²) in [5.74, 6) is -0.382. The summed E-state index contributed by atoms with van der Waals surface area (Å²) in [6.07, 6.45) is 1.06. The van der Waals surface area contributed by atoms with Gasteiger partial charge in [-0.15, -0.1) is 11.3 Å². The first-order valence-corrected chi connectivity index (χ1v) is 6.99.